The summed E-state index contributed by atoms with van der Waals surface area (Å²) in [7, 11) is 0. The van der Waals surface area contributed by atoms with Crippen molar-refractivity contribution in [2.45, 2.75) is 32.6 Å². The van der Waals surface area contributed by atoms with Crippen molar-refractivity contribution >= 4 is 11.8 Å². The summed E-state index contributed by atoms with van der Waals surface area (Å²) in [6, 6.07) is 7.62. The second kappa shape index (κ2) is 5.34. The minimum atomic E-state index is -0.726. The van der Waals surface area contributed by atoms with Gasteiger partial charge in [-0.25, -0.2) is 0 Å². The van der Waals surface area contributed by atoms with Crippen molar-refractivity contribution in [2.75, 3.05) is 0 Å². The highest BCUT2D eigenvalue weighted by molar-refractivity contribution is 5.98. The molecule has 18 heavy (non-hydrogen) atoms. The van der Waals surface area contributed by atoms with Crippen LogP contribution in [0.15, 0.2) is 24.3 Å². The number of hydrogen-bond acceptors (Lipinski definition) is 2. The van der Waals surface area contributed by atoms with Gasteiger partial charge in [0, 0.05) is 11.5 Å². The first-order chi connectivity index (χ1) is 8.58. The number of aliphatic carboxylic acids is 1. The second-order valence-electron chi connectivity index (χ2n) is 5.12. The van der Waals surface area contributed by atoms with Crippen LogP contribution in [0.4, 0.5) is 0 Å². The van der Waals surface area contributed by atoms with Crippen LogP contribution in [0.25, 0.3) is 0 Å². The van der Waals surface area contributed by atoms with Gasteiger partial charge in [-0.15, -0.1) is 0 Å². The van der Waals surface area contributed by atoms with Crippen molar-refractivity contribution in [1.29, 1.82) is 0 Å². The Morgan fingerprint density at radius 3 is 2.28 bits per heavy atom. The molecule has 0 atom stereocenters. The molecule has 1 fully saturated rings. The Hall–Kier alpha value is -1.64. The second-order valence-corrected chi connectivity index (χ2v) is 5.12. The van der Waals surface area contributed by atoms with Crippen LogP contribution in [0.5, 0.6) is 0 Å². The van der Waals surface area contributed by atoms with E-state index in [0.29, 0.717) is 25.7 Å². The average molecular weight is 246 g/mol. The molecule has 0 aliphatic heterocycles. The van der Waals surface area contributed by atoms with E-state index in [1.165, 1.54) is 0 Å². The number of carboxylic acids is 1. The topological polar surface area (TPSA) is 54.4 Å². The fourth-order valence-corrected chi connectivity index (χ4v) is 2.64. The van der Waals surface area contributed by atoms with Crippen LogP contribution < -0.4 is 0 Å². The number of rotatable bonds is 3. The van der Waals surface area contributed by atoms with Gasteiger partial charge in [-0.05, 0) is 38.7 Å². The van der Waals surface area contributed by atoms with Crippen LogP contribution in [0, 0.1) is 18.8 Å². The van der Waals surface area contributed by atoms with Crippen LogP contribution in [0.3, 0.4) is 0 Å². The molecule has 1 aliphatic carbocycles. The fourth-order valence-electron chi connectivity index (χ4n) is 2.64. The minimum absolute atomic E-state index is 0.00222. The summed E-state index contributed by atoms with van der Waals surface area (Å²) in [6.07, 6.45) is 2.64. The lowest BCUT2D eigenvalue weighted by Gasteiger charge is -2.25. The van der Waals surface area contributed by atoms with Gasteiger partial charge in [-0.2, -0.15) is 0 Å². The Morgan fingerprint density at radius 1 is 1.11 bits per heavy atom. The van der Waals surface area contributed by atoms with Gasteiger partial charge in [-0.3, -0.25) is 9.59 Å². The molecule has 0 unspecified atom stereocenters. The lowest BCUT2D eigenvalue weighted by molar-refractivity contribution is -0.143. The molecule has 1 aromatic rings. The smallest absolute Gasteiger partial charge is 0.306 e. The molecule has 1 N–H and O–H groups in total. The van der Waals surface area contributed by atoms with E-state index in [-0.39, 0.29) is 17.6 Å². The van der Waals surface area contributed by atoms with Gasteiger partial charge in [0.2, 0.25) is 0 Å². The van der Waals surface area contributed by atoms with Crippen molar-refractivity contribution in [3.63, 3.8) is 0 Å². The van der Waals surface area contributed by atoms with E-state index in [0.717, 1.165) is 11.1 Å². The zero-order valence-electron chi connectivity index (χ0n) is 10.6. The van der Waals surface area contributed by atoms with Crippen molar-refractivity contribution in [2.24, 2.45) is 11.8 Å². The molecule has 0 spiro atoms. The summed E-state index contributed by atoms with van der Waals surface area (Å²) in [4.78, 5) is 23.1. The van der Waals surface area contributed by atoms with Crippen LogP contribution in [0.1, 0.15) is 41.6 Å². The first kappa shape index (κ1) is 12.8. The molecule has 3 nitrogen and oxygen atoms in total. The molecular formula is C15H18O3. The number of ketones is 1. The van der Waals surface area contributed by atoms with Crippen LogP contribution in [-0.2, 0) is 4.79 Å². The molecule has 3 heteroatoms. The Labute approximate surface area is 107 Å². The number of hydrogen-bond donors (Lipinski definition) is 1. The number of Topliss-reactive ketones (excluding diaryl/α,β-unsaturated/α-hetero) is 1. The zero-order chi connectivity index (χ0) is 13.1. The predicted molar refractivity (Wildman–Crippen MR) is 68.6 cm³/mol. The summed E-state index contributed by atoms with van der Waals surface area (Å²) >= 11 is 0. The van der Waals surface area contributed by atoms with Gasteiger partial charge in [0.1, 0.15) is 0 Å². The largest absolute Gasteiger partial charge is 0.481 e. The fraction of sp³-hybridized carbons (Fsp3) is 0.467. The quantitative estimate of drug-likeness (QED) is 0.834. The third-order valence-corrected chi connectivity index (χ3v) is 3.75. The lowest BCUT2D eigenvalue weighted by atomic mass is 9.78. The number of aryl methyl sites for hydroxylation is 1. The van der Waals surface area contributed by atoms with E-state index in [9.17, 15) is 9.59 Å². The minimum Gasteiger partial charge on any atom is -0.481 e. The summed E-state index contributed by atoms with van der Waals surface area (Å²) < 4.78 is 0. The van der Waals surface area contributed by atoms with Crippen molar-refractivity contribution in [3.05, 3.63) is 35.4 Å². The number of benzene rings is 1. The normalized spacial score (nSPS) is 23.6. The van der Waals surface area contributed by atoms with Gasteiger partial charge < -0.3 is 5.11 Å². The van der Waals surface area contributed by atoms with Gasteiger partial charge in [0.05, 0.1) is 5.92 Å². The van der Waals surface area contributed by atoms with E-state index in [1.54, 1.807) is 0 Å². The SMILES string of the molecule is Cc1cccc(C(=O)C2CCC(C(=O)O)CC2)c1. The number of carboxylic acid groups (broad SMARTS) is 1. The average Bonchev–Trinajstić information content (AvgIpc) is 2.38. The van der Waals surface area contributed by atoms with Crippen molar-refractivity contribution < 1.29 is 14.7 Å². The highest BCUT2D eigenvalue weighted by Gasteiger charge is 2.30. The number of carbonyl (C=O) groups is 2. The maximum atomic E-state index is 12.3. The Balaban J connectivity index is 2.02. The lowest BCUT2D eigenvalue weighted by Crippen LogP contribution is -2.25. The van der Waals surface area contributed by atoms with Gasteiger partial charge in [0.15, 0.2) is 5.78 Å². The maximum absolute atomic E-state index is 12.3. The molecule has 0 aromatic heterocycles. The van der Waals surface area contributed by atoms with Gasteiger partial charge >= 0.3 is 5.97 Å². The van der Waals surface area contributed by atoms with Crippen molar-refractivity contribution in [1.82, 2.24) is 0 Å². The molecule has 96 valence electrons. The number of carbonyl (C=O) groups excluding carboxylic acids is 1. The van der Waals surface area contributed by atoms with Crippen LogP contribution in [-0.4, -0.2) is 16.9 Å². The molecule has 0 heterocycles. The van der Waals surface area contributed by atoms with Gasteiger partial charge in [0.25, 0.3) is 0 Å². The summed E-state index contributed by atoms with van der Waals surface area (Å²) in [5.41, 5.74) is 1.84. The third-order valence-electron chi connectivity index (χ3n) is 3.75. The van der Waals surface area contributed by atoms with Crippen LogP contribution >= 0.6 is 0 Å². The molecule has 0 radical (unpaired) electrons. The Bertz CT molecular complexity index is 457. The van der Waals surface area contributed by atoms with Crippen LogP contribution in [0.2, 0.25) is 0 Å². The molecule has 0 bridgehead atoms. The van der Waals surface area contributed by atoms with E-state index in [2.05, 4.69) is 0 Å². The standard InChI is InChI=1S/C15H18O3/c1-10-3-2-4-13(9-10)14(16)11-5-7-12(8-6-11)15(17)18/h2-4,9,11-12H,5-8H2,1H3,(H,17,18). The van der Waals surface area contributed by atoms with E-state index in [4.69, 9.17) is 5.11 Å². The molecule has 0 saturated heterocycles. The monoisotopic (exact) mass is 246 g/mol. The molecule has 1 aromatic carbocycles. The maximum Gasteiger partial charge on any atom is 0.306 e. The van der Waals surface area contributed by atoms with E-state index in [1.807, 2.05) is 31.2 Å². The molecule has 1 aliphatic rings. The molecule has 1 saturated carbocycles. The molecule has 0 amide bonds. The highest BCUT2D eigenvalue weighted by atomic mass is 16.4. The highest BCUT2D eigenvalue weighted by Crippen LogP contribution is 2.31. The van der Waals surface area contributed by atoms with E-state index < -0.39 is 5.97 Å². The summed E-state index contributed by atoms with van der Waals surface area (Å²) in [5.74, 6) is -0.812. The summed E-state index contributed by atoms with van der Waals surface area (Å²) in [5, 5.41) is 8.93. The Kier molecular flexibility index (Phi) is 3.80. The zero-order valence-corrected chi connectivity index (χ0v) is 10.6. The van der Waals surface area contributed by atoms with Crippen molar-refractivity contribution in [3.8, 4) is 0 Å². The third kappa shape index (κ3) is 2.78. The molecule has 2 rings (SSSR count). The molecular weight excluding hydrogens is 228 g/mol. The van der Waals surface area contributed by atoms with Gasteiger partial charge in [-0.1, -0.05) is 23.8 Å². The first-order valence-corrected chi connectivity index (χ1v) is 6.41. The predicted octanol–water partition coefficient (Wildman–Crippen LogP) is 3.07. The summed E-state index contributed by atoms with van der Waals surface area (Å²) in [6.45, 7) is 1.97. The van der Waals surface area contributed by atoms with E-state index >= 15 is 0 Å². The Morgan fingerprint density at radius 2 is 1.72 bits per heavy atom. The first-order valence-electron chi connectivity index (χ1n) is 6.41.